The first-order valence-electron chi connectivity index (χ1n) is 9.21. The summed E-state index contributed by atoms with van der Waals surface area (Å²) in [4.78, 5) is 5.02. The van der Waals surface area contributed by atoms with Crippen molar-refractivity contribution in [3.8, 4) is 22.9 Å². The highest BCUT2D eigenvalue weighted by molar-refractivity contribution is 7.98. The van der Waals surface area contributed by atoms with Crippen LogP contribution in [0.5, 0.6) is 5.75 Å². The van der Waals surface area contributed by atoms with Crippen molar-refractivity contribution in [1.29, 1.82) is 5.26 Å². The normalized spacial score (nSPS) is 11.4. The second-order valence-electron chi connectivity index (χ2n) is 6.79. The molecule has 0 aliphatic rings. The van der Waals surface area contributed by atoms with E-state index < -0.39 is 10.3 Å². The maximum absolute atomic E-state index is 11.3. The quantitative estimate of drug-likeness (QED) is 0.446. The predicted octanol–water partition coefficient (Wildman–Crippen LogP) is 3.93. The maximum atomic E-state index is 11.3. The number of para-hydroxylation sites is 2. The SMILES string of the molecule is CSc1cc(-c2cc(Cn3cnc4ccccc43)ccc2C#N)ccc1OS(N)(=O)=O. The fourth-order valence-corrected chi connectivity index (χ4v) is 4.39. The summed E-state index contributed by atoms with van der Waals surface area (Å²) in [6.45, 7) is 0.598. The number of benzene rings is 3. The summed E-state index contributed by atoms with van der Waals surface area (Å²) in [7, 11) is -4.13. The van der Waals surface area contributed by atoms with E-state index in [0.717, 1.165) is 27.7 Å². The Morgan fingerprint density at radius 3 is 2.71 bits per heavy atom. The largest absolute Gasteiger partial charge is 0.380 e. The van der Waals surface area contributed by atoms with Crippen LogP contribution in [-0.2, 0) is 16.8 Å². The molecule has 1 aromatic heterocycles. The highest BCUT2D eigenvalue weighted by atomic mass is 32.2. The summed E-state index contributed by atoms with van der Waals surface area (Å²) in [6, 6.07) is 20.9. The van der Waals surface area contributed by atoms with Gasteiger partial charge in [-0.25, -0.2) is 4.98 Å². The Hall–Kier alpha value is -3.32. The summed E-state index contributed by atoms with van der Waals surface area (Å²) >= 11 is 1.33. The molecule has 7 nitrogen and oxygen atoms in total. The van der Waals surface area contributed by atoms with Crippen LogP contribution in [-0.4, -0.2) is 24.2 Å². The van der Waals surface area contributed by atoms with E-state index in [1.54, 1.807) is 36.8 Å². The van der Waals surface area contributed by atoms with E-state index >= 15 is 0 Å². The highest BCUT2D eigenvalue weighted by Gasteiger charge is 2.14. The van der Waals surface area contributed by atoms with Crippen molar-refractivity contribution in [2.24, 2.45) is 5.14 Å². The number of fused-ring (bicyclic) bond motifs is 1. The Kier molecular flexibility index (Phi) is 5.69. The smallest absolute Gasteiger partial charge is 0.370 e. The summed E-state index contributed by atoms with van der Waals surface area (Å²) in [5, 5.41) is 14.6. The van der Waals surface area contributed by atoms with Gasteiger partial charge in [-0.3, -0.25) is 0 Å². The molecule has 0 amide bonds. The molecule has 0 saturated heterocycles. The van der Waals surface area contributed by atoms with Gasteiger partial charge in [0.2, 0.25) is 0 Å². The van der Waals surface area contributed by atoms with Crippen LogP contribution in [0.2, 0.25) is 0 Å². The minimum atomic E-state index is -4.13. The molecule has 3 aromatic carbocycles. The highest BCUT2D eigenvalue weighted by Crippen LogP contribution is 2.35. The summed E-state index contributed by atoms with van der Waals surface area (Å²) in [5.74, 6) is 0.151. The van der Waals surface area contributed by atoms with Gasteiger partial charge >= 0.3 is 10.3 Å². The fraction of sp³-hybridized carbons (Fsp3) is 0.0909. The zero-order chi connectivity index (χ0) is 22.0. The summed E-state index contributed by atoms with van der Waals surface area (Å²) in [5.41, 5.74) is 5.01. The lowest BCUT2D eigenvalue weighted by Gasteiger charge is -2.12. The Morgan fingerprint density at radius 1 is 1.16 bits per heavy atom. The number of aromatic nitrogens is 2. The van der Waals surface area contributed by atoms with Crippen molar-refractivity contribution >= 4 is 33.1 Å². The molecule has 2 N–H and O–H groups in total. The third-order valence-corrected chi connectivity index (χ3v) is 5.94. The molecule has 156 valence electrons. The molecule has 4 rings (SSSR count). The van der Waals surface area contributed by atoms with Crippen LogP contribution in [0.1, 0.15) is 11.1 Å². The number of imidazole rings is 1. The predicted molar refractivity (Wildman–Crippen MR) is 121 cm³/mol. The molecule has 9 heteroatoms. The molecule has 0 unspecified atom stereocenters. The molecule has 4 aromatic rings. The van der Waals surface area contributed by atoms with Gasteiger partial charge in [0.05, 0.1) is 33.9 Å². The average molecular weight is 451 g/mol. The Bertz CT molecular complexity index is 1420. The standard InChI is InChI=1S/C22H18N4O3S2/c1-30-22-11-16(8-9-21(22)29-31(24,27)28)18-10-15(6-7-17(18)12-23)13-26-14-25-19-4-2-3-5-20(19)26/h2-11,14H,13H2,1H3,(H2,24,27,28). The van der Waals surface area contributed by atoms with Gasteiger partial charge in [0.15, 0.2) is 5.75 Å². The van der Waals surface area contributed by atoms with E-state index in [0.29, 0.717) is 17.0 Å². The van der Waals surface area contributed by atoms with E-state index in [-0.39, 0.29) is 5.75 Å². The molecule has 0 aliphatic heterocycles. The van der Waals surface area contributed by atoms with Crippen molar-refractivity contribution in [3.05, 3.63) is 78.1 Å². The Labute approximate surface area is 184 Å². The lowest BCUT2D eigenvalue weighted by molar-refractivity contribution is 0.482. The van der Waals surface area contributed by atoms with Crippen molar-refractivity contribution in [2.75, 3.05) is 6.26 Å². The molecule has 0 spiro atoms. The van der Waals surface area contributed by atoms with Crippen molar-refractivity contribution < 1.29 is 12.6 Å². The van der Waals surface area contributed by atoms with Crippen LogP contribution in [0.4, 0.5) is 0 Å². The Morgan fingerprint density at radius 2 is 1.97 bits per heavy atom. The van der Waals surface area contributed by atoms with Gasteiger partial charge in [0, 0.05) is 6.54 Å². The lowest BCUT2D eigenvalue weighted by Crippen LogP contribution is -2.19. The van der Waals surface area contributed by atoms with Crippen LogP contribution >= 0.6 is 11.8 Å². The van der Waals surface area contributed by atoms with Crippen molar-refractivity contribution in [2.45, 2.75) is 11.4 Å². The number of hydrogen-bond donors (Lipinski definition) is 1. The van der Waals surface area contributed by atoms with Crippen LogP contribution in [0.15, 0.2) is 71.9 Å². The number of nitriles is 1. The molecule has 0 aliphatic carbocycles. The average Bonchev–Trinajstić information content (AvgIpc) is 3.16. The van der Waals surface area contributed by atoms with Crippen molar-refractivity contribution in [3.63, 3.8) is 0 Å². The first kappa shape index (κ1) is 20.9. The molecule has 0 atom stereocenters. The Balaban J connectivity index is 1.74. The van der Waals surface area contributed by atoms with E-state index in [2.05, 4.69) is 15.6 Å². The molecule has 0 bridgehead atoms. The zero-order valence-corrected chi connectivity index (χ0v) is 18.2. The van der Waals surface area contributed by atoms with Gasteiger partial charge in [-0.05, 0) is 59.3 Å². The van der Waals surface area contributed by atoms with E-state index in [1.807, 2.05) is 36.4 Å². The van der Waals surface area contributed by atoms with Crippen LogP contribution in [0.25, 0.3) is 22.2 Å². The maximum Gasteiger partial charge on any atom is 0.380 e. The first-order chi connectivity index (χ1) is 14.9. The molecule has 31 heavy (non-hydrogen) atoms. The van der Waals surface area contributed by atoms with Gasteiger partial charge in [0.25, 0.3) is 0 Å². The third kappa shape index (κ3) is 4.56. The second kappa shape index (κ2) is 8.43. The number of hydrogen-bond acceptors (Lipinski definition) is 6. The van der Waals surface area contributed by atoms with Crippen LogP contribution < -0.4 is 9.32 Å². The molecule has 0 radical (unpaired) electrons. The van der Waals surface area contributed by atoms with Gasteiger partial charge in [0.1, 0.15) is 0 Å². The van der Waals surface area contributed by atoms with Gasteiger partial charge in [-0.2, -0.15) is 18.8 Å². The second-order valence-corrected chi connectivity index (χ2v) is 8.80. The van der Waals surface area contributed by atoms with Gasteiger partial charge in [-0.15, -0.1) is 11.8 Å². The van der Waals surface area contributed by atoms with Crippen molar-refractivity contribution in [1.82, 2.24) is 9.55 Å². The minimum Gasteiger partial charge on any atom is -0.370 e. The van der Waals surface area contributed by atoms with Gasteiger partial charge in [-0.1, -0.05) is 24.3 Å². The number of rotatable bonds is 6. The molecule has 0 saturated carbocycles. The summed E-state index contributed by atoms with van der Waals surface area (Å²) < 4.78 is 29.5. The number of nitrogens with two attached hydrogens (primary N) is 1. The molecule has 0 fully saturated rings. The lowest BCUT2D eigenvalue weighted by atomic mass is 9.97. The van der Waals surface area contributed by atoms with Gasteiger partial charge < -0.3 is 8.75 Å². The van der Waals surface area contributed by atoms with E-state index in [1.165, 1.54) is 11.8 Å². The molecular weight excluding hydrogens is 432 g/mol. The first-order valence-corrected chi connectivity index (χ1v) is 11.9. The van der Waals surface area contributed by atoms with E-state index in [4.69, 9.17) is 9.32 Å². The topological polar surface area (TPSA) is 111 Å². The van der Waals surface area contributed by atoms with Crippen LogP contribution in [0.3, 0.4) is 0 Å². The third-order valence-electron chi connectivity index (χ3n) is 4.77. The van der Waals surface area contributed by atoms with E-state index in [9.17, 15) is 13.7 Å². The monoisotopic (exact) mass is 450 g/mol. The minimum absolute atomic E-state index is 0.151. The zero-order valence-electron chi connectivity index (χ0n) is 16.5. The molecule has 1 heterocycles. The fourth-order valence-electron chi connectivity index (χ4n) is 3.39. The summed E-state index contributed by atoms with van der Waals surface area (Å²) in [6.07, 6.45) is 3.61. The number of thioether (sulfide) groups is 1. The van der Waals surface area contributed by atoms with Crippen LogP contribution in [0, 0.1) is 11.3 Å². The number of nitrogens with zero attached hydrogens (tertiary/aromatic N) is 3. The molecular formula is C22H18N4O3S2.